The van der Waals surface area contributed by atoms with Crippen LogP contribution < -0.4 is 21.7 Å². The summed E-state index contributed by atoms with van der Waals surface area (Å²) in [5, 5.41) is 3.30. The van der Waals surface area contributed by atoms with E-state index in [4.69, 9.17) is 16.2 Å². The maximum Gasteiger partial charge on any atom is 0.419 e. The lowest BCUT2D eigenvalue weighted by Crippen LogP contribution is -2.33. The van der Waals surface area contributed by atoms with Crippen molar-refractivity contribution in [3.63, 3.8) is 0 Å². The van der Waals surface area contributed by atoms with Crippen LogP contribution in [0.4, 0.5) is 27.5 Å². The van der Waals surface area contributed by atoms with Crippen LogP contribution in [-0.4, -0.2) is 30.8 Å². The molecule has 0 atom stereocenters. The predicted octanol–water partition coefficient (Wildman–Crippen LogP) is 2.52. The number of nitrogens with two attached hydrogens (primary N) is 2. The Bertz CT molecular complexity index is 717. The molecule has 1 aromatic carbocycles. The van der Waals surface area contributed by atoms with Crippen molar-refractivity contribution in [3.05, 3.63) is 42.7 Å². The summed E-state index contributed by atoms with van der Waals surface area (Å²) < 4.78 is 5.59. The van der Waals surface area contributed by atoms with Crippen molar-refractivity contribution in [2.45, 2.75) is 12.8 Å². The van der Waals surface area contributed by atoms with Crippen molar-refractivity contribution in [2.75, 3.05) is 36.1 Å². The molecule has 0 aliphatic carbocycles. The third-order valence-electron chi connectivity index (χ3n) is 4.36. The number of nitrogens with zero attached hydrogens (tertiary/aromatic N) is 2. The SMILES string of the molecule is Nc1cccc(N(C(=O)OCC2CCNCC2)c2ccncc2)c1N. The molecule has 1 amide bonds. The molecule has 7 heteroatoms. The maximum absolute atomic E-state index is 12.8. The monoisotopic (exact) mass is 341 g/mol. The second-order valence-electron chi connectivity index (χ2n) is 6.09. The van der Waals surface area contributed by atoms with E-state index in [-0.39, 0.29) is 0 Å². The van der Waals surface area contributed by atoms with Gasteiger partial charge in [0.15, 0.2) is 0 Å². The standard InChI is InChI=1S/C18H23N5O2/c19-15-2-1-3-16(17(15)20)23(14-6-10-22-11-7-14)18(24)25-12-13-4-8-21-9-5-13/h1-3,6-7,10-11,13,21H,4-5,8-9,12,19-20H2. The van der Waals surface area contributed by atoms with Crippen LogP contribution in [0, 0.1) is 5.92 Å². The van der Waals surface area contributed by atoms with E-state index in [0.29, 0.717) is 35.3 Å². The van der Waals surface area contributed by atoms with Crippen molar-refractivity contribution in [2.24, 2.45) is 5.92 Å². The van der Waals surface area contributed by atoms with E-state index in [9.17, 15) is 4.79 Å². The van der Waals surface area contributed by atoms with Crippen molar-refractivity contribution >= 4 is 28.8 Å². The van der Waals surface area contributed by atoms with Crippen molar-refractivity contribution in [3.8, 4) is 0 Å². The van der Waals surface area contributed by atoms with Crippen LogP contribution in [0.5, 0.6) is 0 Å². The number of nitrogen functional groups attached to an aromatic ring is 2. The fraction of sp³-hybridized carbons (Fsp3) is 0.333. The molecule has 0 spiro atoms. The number of ether oxygens (including phenoxy) is 1. The minimum Gasteiger partial charge on any atom is -0.449 e. The highest BCUT2D eigenvalue weighted by Crippen LogP contribution is 2.34. The van der Waals surface area contributed by atoms with Crippen LogP contribution in [0.1, 0.15) is 12.8 Å². The fourth-order valence-corrected chi connectivity index (χ4v) is 2.90. The number of hydrogen-bond acceptors (Lipinski definition) is 6. The molecule has 1 aliphatic rings. The smallest absolute Gasteiger partial charge is 0.419 e. The Kier molecular flexibility index (Phi) is 5.35. The van der Waals surface area contributed by atoms with Gasteiger partial charge in [0, 0.05) is 12.4 Å². The fourth-order valence-electron chi connectivity index (χ4n) is 2.90. The van der Waals surface area contributed by atoms with E-state index >= 15 is 0 Å². The van der Waals surface area contributed by atoms with E-state index in [1.54, 1.807) is 42.7 Å². The van der Waals surface area contributed by atoms with Gasteiger partial charge in [-0.25, -0.2) is 9.69 Å². The number of rotatable bonds is 4. The Labute approximate surface area is 147 Å². The summed E-state index contributed by atoms with van der Waals surface area (Å²) in [5.41, 5.74) is 13.9. The molecule has 132 valence electrons. The molecular weight excluding hydrogens is 318 g/mol. The van der Waals surface area contributed by atoms with E-state index in [2.05, 4.69) is 10.3 Å². The van der Waals surface area contributed by atoms with Gasteiger partial charge in [-0.2, -0.15) is 0 Å². The van der Waals surface area contributed by atoms with Gasteiger partial charge in [0.05, 0.1) is 29.4 Å². The van der Waals surface area contributed by atoms with Crippen LogP contribution >= 0.6 is 0 Å². The largest absolute Gasteiger partial charge is 0.449 e. The van der Waals surface area contributed by atoms with Gasteiger partial charge < -0.3 is 21.5 Å². The number of benzene rings is 1. The zero-order valence-electron chi connectivity index (χ0n) is 14.0. The average Bonchev–Trinajstić information content (AvgIpc) is 2.65. The molecule has 25 heavy (non-hydrogen) atoms. The predicted molar refractivity (Wildman–Crippen MR) is 98.6 cm³/mol. The first-order valence-corrected chi connectivity index (χ1v) is 8.38. The second-order valence-corrected chi connectivity index (χ2v) is 6.09. The first-order valence-electron chi connectivity index (χ1n) is 8.38. The Balaban J connectivity index is 1.83. The number of amides is 1. The van der Waals surface area contributed by atoms with Crippen molar-refractivity contribution in [1.29, 1.82) is 0 Å². The van der Waals surface area contributed by atoms with Gasteiger partial charge in [0.1, 0.15) is 0 Å². The molecule has 1 aliphatic heterocycles. The van der Waals surface area contributed by atoms with Gasteiger partial charge in [0.2, 0.25) is 0 Å². The van der Waals surface area contributed by atoms with E-state index in [1.165, 1.54) is 4.90 Å². The Morgan fingerprint density at radius 3 is 2.64 bits per heavy atom. The summed E-state index contributed by atoms with van der Waals surface area (Å²) in [6, 6.07) is 8.67. The average molecular weight is 341 g/mol. The van der Waals surface area contributed by atoms with Crippen molar-refractivity contribution < 1.29 is 9.53 Å². The lowest BCUT2D eigenvalue weighted by atomic mass is 9.99. The zero-order valence-corrected chi connectivity index (χ0v) is 14.0. The number of carbonyl (C=O) groups is 1. The van der Waals surface area contributed by atoms with Crippen LogP contribution in [0.15, 0.2) is 42.7 Å². The lowest BCUT2D eigenvalue weighted by Gasteiger charge is -2.26. The molecular formula is C18H23N5O2. The summed E-state index contributed by atoms with van der Waals surface area (Å²) >= 11 is 0. The van der Waals surface area contributed by atoms with Crippen LogP contribution in [0.3, 0.4) is 0 Å². The van der Waals surface area contributed by atoms with E-state index in [1.807, 2.05) is 0 Å². The Morgan fingerprint density at radius 1 is 1.20 bits per heavy atom. The number of anilines is 4. The summed E-state index contributed by atoms with van der Waals surface area (Å²) in [6.07, 6.45) is 4.77. The molecule has 0 radical (unpaired) electrons. The quantitative estimate of drug-likeness (QED) is 0.738. The topological polar surface area (TPSA) is 106 Å². The summed E-state index contributed by atoms with van der Waals surface area (Å²) in [4.78, 5) is 18.3. The first kappa shape index (κ1) is 17.0. The number of carbonyl (C=O) groups excluding carboxylic acids is 1. The minimum atomic E-state index is -0.470. The highest BCUT2D eigenvalue weighted by molar-refractivity contribution is 6.00. The number of hydrogen-bond donors (Lipinski definition) is 3. The molecule has 3 rings (SSSR count). The van der Waals surface area contributed by atoms with Gasteiger partial charge in [0.25, 0.3) is 0 Å². The van der Waals surface area contributed by atoms with Crippen LogP contribution in [-0.2, 0) is 4.74 Å². The lowest BCUT2D eigenvalue weighted by molar-refractivity contribution is 0.126. The summed E-state index contributed by atoms with van der Waals surface area (Å²) in [5.74, 6) is 0.377. The molecule has 0 bridgehead atoms. The maximum atomic E-state index is 12.8. The van der Waals surface area contributed by atoms with E-state index in [0.717, 1.165) is 25.9 Å². The second kappa shape index (κ2) is 7.85. The third-order valence-corrected chi connectivity index (χ3v) is 4.36. The normalized spacial score (nSPS) is 14.9. The van der Waals surface area contributed by atoms with Crippen LogP contribution in [0.25, 0.3) is 0 Å². The number of pyridine rings is 1. The molecule has 7 nitrogen and oxygen atoms in total. The van der Waals surface area contributed by atoms with Gasteiger partial charge in [-0.15, -0.1) is 0 Å². The van der Waals surface area contributed by atoms with Gasteiger partial charge in [-0.05, 0) is 56.1 Å². The minimum absolute atomic E-state index is 0.345. The Morgan fingerprint density at radius 2 is 1.92 bits per heavy atom. The molecule has 0 unspecified atom stereocenters. The zero-order chi connectivity index (χ0) is 17.6. The molecule has 1 saturated heterocycles. The van der Waals surface area contributed by atoms with Gasteiger partial charge in [-0.3, -0.25) is 4.98 Å². The molecule has 5 N–H and O–H groups in total. The Hall–Kier alpha value is -2.80. The van der Waals surface area contributed by atoms with E-state index < -0.39 is 6.09 Å². The molecule has 0 saturated carbocycles. The summed E-state index contributed by atoms with van der Waals surface area (Å²) in [6.45, 7) is 2.31. The molecule has 2 aromatic rings. The third kappa shape index (κ3) is 4.00. The first-order chi connectivity index (χ1) is 12.2. The van der Waals surface area contributed by atoms with Gasteiger partial charge in [-0.1, -0.05) is 6.07 Å². The molecule has 1 fully saturated rings. The number of nitrogens with one attached hydrogen (secondary N) is 1. The highest BCUT2D eigenvalue weighted by Gasteiger charge is 2.24. The molecule has 1 aromatic heterocycles. The van der Waals surface area contributed by atoms with Crippen LogP contribution in [0.2, 0.25) is 0 Å². The highest BCUT2D eigenvalue weighted by atomic mass is 16.6. The van der Waals surface area contributed by atoms with Gasteiger partial charge >= 0.3 is 6.09 Å². The number of piperidine rings is 1. The number of para-hydroxylation sites is 1. The number of aromatic nitrogens is 1. The summed E-state index contributed by atoms with van der Waals surface area (Å²) in [7, 11) is 0. The van der Waals surface area contributed by atoms with Crippen molar-refractivity contribution in [1.82, 2.24) is 10.3 Å². The molecule has 2 heterocycles.